The first kappa shape index (κ1) is 15.0. The fourth-order valence-electron chi connectivity index (χ4n) is 2.33. The molecule has 1 atom stereocenters. The van der Waals surface area contributed by atoms with Crippen molar-refractivity contribution in [3.05, 3.63) is 24.3 Å². The molecule has 0 radical (unpaired) electrons. The van der Waals surface area contributed by atoms with E-state index in [1.165, 1.54) is 6.92 Å². The van der Waals surface area contributed by atoms with Gasteiger partial charge in [0.15, 0.2) is 0 Å². The average Bonchev–Trinajstić information content (AvgIpc) is 2.62. The summed E-state index contributed by atoms with van der Waals surface area (Å²) in [5.41, 5.74) is 0.343. The second-order valence-electron chi connectivity index (χ2n) is 5.59. The third-order valence-electron chi connectivity index (χ3n) is 3.35. The molecule has 0 bridgehead atoms. The monoisotopic (exact) mass is 290 g/mol. The van der Waals surface area contributed by atoms with E-state index in [0.717, 1.165) is 0 Å². The maximum absolute atomic E-state index is 12.3. The average molecular weight is 290 g/mol. The van der Waals surface area contributed by atoms with Gasteiger partial charge < -0.3 is 15.4 Å². The minimum atomic E-state index is -0.809. The number of carbonyl (C=O) groups excluding carboxylic acids is 3. The van der Waals surface area contributed by atoms with Gasteiger partial charge in [0.2, 0.25) is 11.8 Å². The number of nitrogens with one attached hydrogen (secondary N) is 2. The van der Waals surface area contributed by atoms with Crippen LogP contribution in [-0.2, 0) is 19.1 Å². The molecule has 1 saturated heterocycles. The zero-order chi connectivity index (χ0) is 15.6. The maximum Gasteiger partial charge on any atom is 0.307 e. The number of rotatable bonds is 3. The first-order valence-corrected chi connectivity index (χ1v) is 6.68. The summed E-state index contributed by atoms with van der Waals surface area (Å²) in [6, 6.07) is 6.82. The van der Waals surface area contributed by atoms with Crippen molar-refractivity contribution in [3.8, 4) is 0 Å². The van der Waals surface area contributed by atoms with E-state index < -0.39 is 11.5 Å². The Kier molecular flexibility index (Phi) is 3.97. The molecular weight excluding hydrogens is 272 g/mol. The van der Waals surface area contributed by atoms with Crippen LogP contribution in [0.25, 0.3) is 0 Å². The van der Waals surface area contributed by atoms with Crippen LogP contribution in [0.4, 0.5) is 11.4 Å². The van der Waals surface area contributed by atoms with Crippen molar-refractivity contribution in [1.29, 1.82) is 0 Å². The van der Waals surface area contributed by atoms with Crippen LogP contribution >= 0.6 is 0 Å². The largest absolute Gasteiger partial charge is 0.459 e. The summed E-state index contributed by atoms with van der Waals surface area (Å²) in [7, 11) is 0. The molecule has 0 aliphatic carbocycles. The van der Waals surface area contributed by atoms with Crippen molar-refractivity contribution in [2.24, 2.45) is 5.92 Å². The highest BCUT2D eigenvalue weighted by atomic mass is 16.6. The van der Waals surface area contributed by atoms with E-state index in [-0.39, 0.29) is 24.2 Å². The Hall–Kier alpha value is -2.37. The van der Waals surface area contributed by atoms with Crippen molar-refractivity contribution in [2.75, 3.05) is 10.6 Å². The van der Waals surface area contributed by atoms with Crippen molar-refractivity contribution < 1.29 is 19.1 Å². The molecule has 1 heterocycles. The Morgan fingerprint density at radius 1 is 1.24 bits per heavy atom. The second kappa shape index (κ2) is 5.55. The smallest absolute Gasteiger partial charge is 0.307 e. The maximum atomic E-state index is 12.3. The predicted octanol–water partition coefficient (Wildman–Crippen LogP) is 1.93. The number of benzene rings is 1. The third-order valence-corrected chi connectivity index (χ3v) is 3.35. The topological polar surface area (TPSA) is 84.5 Å². The summed E-state index contributed by atoms with van der Waals surface area (Å²) < 4.78 is 5.14. The van der Waals surface area contributed by atoms with Gasteiger partial charge in [-0.25, -0.2) is 0 Å². The zero-order valence-corrected chi connectivity index (χ0v) is 12.2. The van der Waals surface area contributed by atoms with E-state index in [1.807, 2.05) is 0 Å². The molecule has 0 spiro atoms. The first-order chi connectivity index (χ1) is 9.78. The quantitative estimate of drug-likeness (QED) is 0.833. The Bertz CT molecular complexity index is 595. The lowest BCUT2D eigenvalue weighted by Crippen LogP contribution is -2.36. The van der Waals surface area contributed by atoms with Gasteiger partial charge in [-0.05, 0) is 32.0 Å². The summed E-state index contributed by atoms with van der Waals surface area (Å²) >= 11 is 0. The van der Waals surface area contributed by atoms with Gasteiger partial charge in [0.25, 0.3) is 0 Å². The highest BCUT2D eigenvalue weighted by molar-refractivity contribution is 5.97. The van der Waals surface area contributed by atoms with Crippen molar-refractivity contribution in [2.45, 2.75) is 32.8 Å². The molecule has 1 aromatic carbocycles. The van der Waals surface area contributed by atoms with Crippen molar-refractivity contribution in [1.82, 2.24) is 0 Å². The van der Waals surface area contributed by atoms with E-state index in [2.05, 4.69) is 10.6 Å². The number of cyclic esters (lactones) is 1. The molecule has 2 amide bonds. The van der Waals surface area contributed by atoms with E-state index >= 15 is 0 Å². The Labute approximate surface area is 122 Å². The second-order valence-corrected chi connectivity index (χ2v) is 5.59. The predicted molar refractivity (Wildman–Crippen MR) is 77.7 cm³/mol. The molecule has 1 fully saturated rings. The van der Waals surface area contributed by atoms with Gasteiger partial charge >= 0.3 is 5.97 Å². The molecule has 112 valence electrons. The summed E-state index contributed by atoms with van der Waals surface area (Å²) in [5, 5.41) is 5.39. The molecule has 1 aliphatic rings. The summed E-state index contributed by atoms with van der Waals surface area (Å²) in [4.78, 5) is 34.7. The molecule has 1 aliphatic heterocycles. The van der Waals surface area contributed by atoms with Gasteiger partial charge in [0.1, 0.15) is 5.60 Å². The Morgan fingerprint density at radius 3 is 2.38 bits per heavy atom. The van der Waals surface area contributed by atoms with Crippen molar-refractivity contribution in [3.63, 3.8) is 0 Å². The van der Waals surface area contributed by atoms with Gasteiger partial charge in [-0.2, -0.15) is 0 Å². The lowest BCUT2D eigenvalue weighted by atomic mass is 9.90. The molecule has 0 saturated carbocycles. The van der Waals surface area contributed by atoms with E-state index in [1.54, 1.807) is 38.1 Å². The van der Waals surface area contributed by atoms with Gasteiger partial charge in [-0.3, -0.25) is 14.4 Å². The molecule has 0 aromatic heterocycles. The minimum Gasteiger partial charge on any atom is -0.459 e. The fraction of sp³-hybridized carbons (Fsp3) is 0.400. The highest BCUT2D eigenvalue weighted by Crippen LogP contribution is 2.33. The van der Waals surface area contributed by atoms with Crippen LogP contribution in [0, 0.1) is 5.92 Å². The third kappa shape index (κ3) is 3.59. The number of ether oxygens (including phenoxy) is 1. The summed E-state index contributed by atoms with van der Waals surface area (Å²) in [5.74, 6) is -1.36. The molecule has 6 nitrogen and oxygen atoms in total. The number of anilines is 2. The SMILES string of the molecule is CC(=O)Nc1cccc(NC(=O)[C@@H]2CC(=O)OC2(C)C)c1. The molecule has 2 rings (SSSR count). The van der Waals surface area contributed by atoms with Crippen LogP contribution in [0.1, 0.15) is 27.2 Å². The molecule has 2 N–H and O–H groups in total. The minimum absolute atomic E-state index is 0.0736. The molecular formula is C15H18N2O4. The van der Waals surface area contributed by atoms with Crippen LogP contribution in [0.2, 0.25) is 0 Å². The molecule has 0 unspecified atom stereocenters. The van der Waals surface area contributed by atoms with Crippen LogP contribution in [0.5, 0.6) is 0 Å². The van der Waals surface area contributed by atoms with Crippen LogP contribution in [-0.4, -0.2) is 23.4 Å². The van der Waals surface area contributed by atoms with Crippen molar-refractivity contribution >= 4 is 29.2 Å². The molecule has 21 heavy (non-hydrogen) atoms. The normalized spacial score (nSPS) is 19.8. The molecule has 6 heteroatoms. The van der Waals surface area contributed by atoms with E-state index in [9.17, 15) is 14.4 Å². The first-order valence-electron chi connectivity index (χ1n) is 6.68. The Balaban J connectivity index is 2.09. The fourth-order valence-corrected chi connectivity index (χ4v) is 2.33. The number of esters is 1. The lowest BCUT2D eigenvalue weighted by molar-refractivity contribution is -0.147. The lowest BCUT2D eigenvalue weighted by Gasteiger charge is -2.23. The van der Waals surface area contributed by atoms with Crippen LogP contribution in [0.15, 0.2) is 24.3 Å². The highest BCUT2D eigenvalue weighted by Gasteiger charge is 2.46. The van der Waals surface area contributed by atoms with E-state index in [0.29, 0.717) is 11.4 Å². The number of amides is 2. The van der Waals surface area contributed by atoms with Gasteiger partial charge in [0.05, 0.1) is 12.3 Å². The van der Waals surface area contributed by atoms with Crippen LogP contribution < -0.4 is 10.6 Å². The van der Waals surface area contributed by atoms with Gasteiger partial charge in [-0.15, -0.1) is 0 Å². The zero-order valence-electron chi connectivity index (χ0n) is 12.2. The Morgan fingerprint density at radius 2 is 1.86 bits per heavy atom. The van der Waals surface area contributed by atoms with Gasteiger partial charge in [0, 0.05) is 18.3 Å². The molecule has 1 aromatic rings. The summed E-state index contributed by atoms with van der Waals surface area (Å²) in [6.07, 6.45) is 0.0736. The standard InChI is InChI=1S/C15H18N2O4/c1-9(18)16-10-5-4-6-11(7-10)17-14(20)12-8-13(19)21-15(12,2)3/h4-7,12H,8H2,1-3H3,(H,16,18)(H,17,20)/t12-/m0/s1. The number of hydrogen-bond acceptors (Lipinski definition) is 4. The number of carbonyl (C=O) groups is 3. The number of hydrogen-bond donors (Lipinski definition) is 2. The summed E-state index contributed by atoms with van der Waals surface area (Å²) in [6.45, 7) is 4.85. The van der Waals surface area contributed by atoms with Gasteiger partial charge in [-0.1, -0.05) is 6.07 Å². The van der Waals surface area contributed by atoms with E-state index in [4.69, 9.17) is 4.74 Å². The van der Waals surface area contributed by atoms with Crippen LogP contribution in [0.3, 0.4) is 0 Å².